The van der Waals surface area contributed by atoms with Crippen LogP contribution in [0.5, 0.6) is 5.75 Å². The van der Waals surface area contributed by atoms with E-state index >= 15 is 0 Å². The third kappa shape index (κ3) is 3.58. The van der Waals surface area contributed by atoms with Gasteiger partial charge in [0.05, 0.1) is 0 Å². The molecule has 20 heavy (non-hydrogen) atoms. The summed E-state index contributed by atoms with van der Waals surface area (Å²) >= 11 is 0. The number of rotatable bonds is 4. The molecule has 2 aromatic carbocycles. The number of benzene rings is 2. The SMILES string of the molecule is Cc1cc(C)cc(COc2ccc(C(C)N)c(F)c2)c1. The van der Waals surface area contributed by atoms with Crippen LogP contribution in [-0.4, -0.2) is 0 Å². The molecule has 0 spiro atoms. The van der Waals surface area contributed by atoms with E-state index in [1.807, 2.05) is 13.8 Å². The van der Waals surface area contributed by atoms with Crippen LogP contribution < -0.4 is 10.5 Å². The molecule has 2 nitrogen and oxygen atoms in total. The van der Waals surface area contributed by atoms with Crippen molar-refractivity contribution in [1.82, 2.24) is 0 Å². The van der Waals surface area contributed by atoms with Crippen LogP contribution in [0.3, 0.4) is 0 Å². The van der Waals surface area contributed by atoms with Gasteiger partial charge >= 0.3 is 0 Å². The van der Waals surface area contributed by atoms with E-state index in [0.29, 0.717) is 17.9 Å². The molecule has 2 N–H and O–H groups in total. The maximum atomic E-state index is 13.8. The van der Waals surface area contributed by atoms with Gasteiger partial charge in [-0.15, -0.1) is 0 Å². The molecule has 0 aromatic heterocycles. The number of hydrogen-bond donors (Lipinski definition) is 1. The van der Waals surface area contributed by atoms with Gasteiger partial charge in [-0.3, -0.25) is 0 Å². The molecule has 0 aliphatic heterocycles. The predicted octanol–water partition coefficient (Wildman–Crippen LogP) is 4.04. The highest BCUT2D eigenvalue weighted by Crippen LogP contribution is 2.21. The van der Waals surface area contributed by atoms with Crippen molar-refractivity contribution in [3.8, 4) is 5.75 Å². The first-order valence-electron chi connectivity index (χ1n) is 6.70. The van der Waals surface area contributed by atoms with Gasteiger partial charge in [-0.05, 0) is 32.4 Å². The summed E-state index contributed by atoms with van der Waals surface area (Å²) in [7, 11) is 0. The Morgan fingerprint density at radius 1 is 1.10 bits per heavy atom. The average molecular weight is 273 g/mol. The Balaban J connectivity index is 2.09. The molecule has 0 aliphatic carbocycles. The Hall–Kier alpha value is -1.87. The van der Waals surface area contributed by atoms with Crippen LogP contribution in [0.2, 0.25) is 0 Å². The average Bonchev–Trinajstić information content (AvgIpc) is 2.35. The molecule has 0 saturated heterocycles. The van der Waals surface area contributed by atoms with Crippen molar-refractivity contribution in [3.05, 3.63) is 64.5 Å². The van der Waals surface area contributed by atoms with E-state index in [1.54, 1.807) is 19.1 Å². The fourth-order valence-electron chi connectivity index (χ4n) is 2.29. The van der Waals surface area contributed by atoms with Crippen molar-refractivity contribution in [2.45, 2.75) is 33.4 Å². The lowest BCUT2D eigenvalue weighted by Crippen LogP contribution is -2.07. The molecule has 0 amide bonds. The number of ether oxygens (including phenoxy) is 1. The van der Waals surface area contributed by atoms with Crippen LogP contribution in [0, 0.1) is 19.7 Å². The Morgan fingerprint density at radius 3 is 2.30 bits per heavy atom. The van der Waals surface area contributed by atoms with Crippen molar-refractivity contribution in [2.24, 2.45) is 5.73 Å². The fourth-order valence-corrected chi connectivity index (χ4v) is 2.29. The first-order chi connectivity index (χ1) is 9.45. The van der Waals surface area contributed by atoms with Crippen LogP contribution in [0.15, 0.2) is 36.4 Å². The summed E-state index contributed by atoms with van der Waals surface area (Å²) in [5.74, 6) is 0.198. The van der Waals surface area contributed by atoms with Crippen molar-refractivity contribution in [2.75, 3.05) is 0 Å². The number of nitrogens with two attached hydrogens (primary N) is 1. The van der Waals surface area contributed by atoms with Gasteiger partial charge in [0.25, 0.3) is 0 Å². The molecule has 2 aromatic rings. The highest BCUT2D eigenvalue weighted by atomic mass is 19.1. The van der Waals surface area contributed by atoms with Gasteiger partial charge < -0.3 is 10.5 Å². The molecule has 1 unspecified atom stereocenters. The van der Waals surface area contributed by atoms with E-state index in [0.717, 1.165) is 5.56 Å². The minimum absolute atomic E-state index is 0.316. The minimum Gasteiger partial charge on any atom is -0.489 e. The van der Waals surface area contributed by atoms with Crippen LogP contribution in [-0.2, 0) is 6.61 Å². The number of hydrogen-bond acceptors (Lipinski definition) is 2. The van der Waals surface area contributed by atoms with Gasteiger partial charge in [0.15, 0.2) is 0 Å². The Labute approximate surface area is 119 Å². The zero-order valence-electron chi connectivity index (χ0n) is 12.1. The number of aryl methyl sites for hydroxylation is 2. The first kappa shape index (κ1) is 14.5. The highest BCUT2D eigenvalue weighted by Gasteiger charge is 2.08. The topological polar surface area (TPSA) is 35.2 Å². The first-order valence-corrected chi connectivity index (χ1v) is 6.70. The summed E-state index contributed by atoms with van der Waals surface area (Å²) < 4.78 is 19.4. The van der Waals surface area contributed by atoms with E-state index < -0.39 is 0 Å². The zero-order valence-corrected chi connectivity index (χ0v) is 12.1. The number of halogens is 1. The minimum atomic E-state index is -0.321. The standard InChI is InChI=1S/C17H20FNO/c1-11-6-12(2)8-14(7-11)10-20-15-4-5-16(13(3)19)17(18)9-15/h4-9,13H,10,19H2,1-3H3. The van der Waals surface area contributed by atoms with Gasteiger partial charge in [-0.2, -0.15) is 0 Å². The largest absolute Gasteiger partial charge is 0.489 e. The maximum absolute atomic E-state index is 13.8. The summed E-state index contributed by atoms with van der Waals surface area (Å²) in [6, 6.07) is 10.8. The molecule has 0 heterocycles. The van der Waals surface area contributed by atoms with Crippen LogP contribution in [0.1, 0.15) is 35.2 Å². The van der Waals surface area contributed by atoms with Gasteiger partial charge in [0, 0.05) is 17.7 Å². The monoisotopic (exact) mass is 273 g/mol. The third-order valence-electron chi connectivity index (χ3n) is 3.15. The van der Waals surface area contributed by atoms with E-state index in [9.17, 15) is 4.39 Å². The van der Waals surface area contributed by atoms with Gasteiger partial charge in [0.1, 0.15) is 18.2 Å². The molecule has 1 atom stereocenters. The van der Waals surface area contributed by atoms with Crippen LogP contribution in [0.4, 0.5) is 4.39 Å². The van der Waals surface area contributed by atoms with Gasteiger partial charge in [-0.25, -0.2) is 4.39 Å². The van der Waals surface area contributed by atoms with E-state index in [-0.39, 0.29) is 11.9 Å². The molecular formula is C17H20FNO. The van der Waals surface area contributed by atoms with Crippen molar-refractivity contribution in [3.63, 3.8) is 0 Å². The van der Waals surface area contributed by atoms with Gasteiger partial charge in [0.2, 0.25) is 0 Å². The Kier molecular flexibility index (Phi) is 4.40. The quantitative estimate of drug-likeness (QED) is 0.912. The highest BCUT2D eigenvalue weighted by molar-refractivity contribution is 5.32. The van der Waals surface area contributed by atoms with Crippen molar-refractivity contribution in [1.29, 1.82) is 0 Å². The molecule has 0 radical (unpaired) electrons. The van der Waals surface area contributed by atoms with E-state index in [1.165, 1.54) is 17.2 Å². The molecule has 0 bridgehead atoms. The Bertz CT molecular complexity index is 588. The lowest BCUT2D eigenvalue weighted by molar-refractivity contribution is 0.304. The molecule has 0 fully saturated rings. The summed E-state index contributed by atoms with van der Waals surface area (Å²) in [5, 5.41) is 0. The summed E-state index contributed by atoms with van der Waals surface area (Å²) in [4.78, 5) is 0. The van der Waals surface area contributed by atoms with Crippen molar-refractivity contribution >= 4 is 0 Å². The second kappa shape index (κ2) is 6.06. The zero-order chi connectivity index (χ0) is 14.7. The summed E-state index contributed by atoms with van der Waals surface area (Å²) in [6.45, 7) is 6.29. The smallest absolute Gasteiger partial charge is 0.131 e. The Morgan fingerprint density at radius 2 is 1.75 bits per heavy atom. The maximum Gasteiger partial charge on any atom is 0.131 e. The van der Waals surface area contributed by atoms with Crippen LogP contribution >= 0.6 is 0 Å². The summed E-state index contributed by atoms with van der Waals surface area (Å²) in [5.41, 5.74) is 9.66. The lowest BCUT2D eigenvalue weighted by atomic mass is 10.1. The van der Waals surface area contributed by atoms with Crippen LogP contribution in [0.25, 0.3) is 0 Å². The molecule has 0 aliphatic rings. The predicted molar refractivity (Wildman–Crippen MR) is 79.3 cm³/mol. The molecule has 2 rings (SSSR count). The molecule has 3 heteroatoms. The second-order valence-electron chi connectivity index (χ2n) is 5.26. The second-order valence-corrected chi connectivity index (χ2v) is 5.26. The van der Waals surface area contributed by atoms with E-state index in [4.69, 9.17) is 10.5 Å². The molecule has 106 valence electrons. The normalized spacial score (nSPS) is 12.2. The molecule has 0 saturated carbocycles. The fraction of sp³-hybridized carbons (Fsp3) is 0.294. The van der Waals surface area contributed by atoms with E-state index in [2.05, 4.69) is 18.2 Å². The lowest BCUT2D eigenvalue weighted by Gasteiger charge is -2.11. The van der Waals surface area contributed by atoms with Crippen molar-refractivity contribution < 1.29 is 9.13 Å². The third-order valence-corrected chi connectivity index (χ3v) is 3.15. The molecular weight excluding hydrogens is 253 g/mol. The summed E-state index contributed by atoms with van der Waals surface area (Å²) in [6.07, 6.45) is 0. The van der Waals surface area contributed by atoms with Gasteiger partial charge in [-0.1, -0.05) is 35.4 Å².